The van der Waals surface area contributed by atoms with E-state index >= 15 is 0 Å². The van der Waals surface area contributed by atoms with Gasteiger partial charge in [0.2, 0.25) is 5.91 Å². The van der Waals surface area contributed by atoms with E-state index in [0.29, 0.717) is 32.8 Å². The standard InChI is InChI=1S/C18H18N2O2S/c21-18(19-9-11-22-12-10-19)13-20-14-5-1-3-7-16(14)23-17-8-4-2-6-15(17)20/h1-8H,9-13H2. The van der Waals surface area contributed by atoms with Gasteiger partial charge in [0, 0.05) is 22.9 Å². The first-order chi connectivity index (χ1) is 11.3. The van der Waals surface area contributed by atoms with Gasteiger partial charge in [-0.15, -0.1) is 0 Å². The molecule has 0 atom stereocenters. The highest BCUT2D eigenvalue weighted by Gasteiger charge is 2.26. The Bertz CT molecular complexity index is 683. The van der Waals surface area contributed by atoms with E-state index in [-0.39, 0.29) is 5.91 Å². The van der Waals surface area contributed by atoms with Crippen molar-refractivity contribution in [3.63, 3.8) is 0 Å². The Balaban J connectivity index is 1.66. The summed E-state index contributed by atoms with van der Waals surface area (Å²) in [7, 11) is 0. The minimum Gasteiger partial charge on any atom is -0.378 e. The number of anilines is 2. The zero-order chi connectivity index (χ0) is 15.6. The summed E-state index contributed by atoms with van der Waals surface area (Å²) in [6.45, 7) is 3.01. The van der Waals surface area contributed by atoms with Crippen molar-refractivity contribution in [2.75, 3.05) is 37.7 Å². The van der Waals surface area contributed by atoms with Crippen LogP contribution in [0, 0.1) is 0 Å². The van der Waals surface area contributed by atoms with Crippen LogP contribution in [0.3, 0.4) is 0 Å². The highest BCUT2D eigenvalue weighted by molar-refractivity contribution is 7.99. The van der Waals surface area contributed by atoms with Gasteiger partial charge in [-0.3, -0.25) is 4.79 Å². The van der Waals surface area contributed by atoms with Crippen molar-refractivity contribution in [1.29, 1.82) is 0 Å². The summed E-state index contributed by atoms with van der Waals surface area (Å²) in [5, 5.41) is 0. The summed E-state index contributed by atoms with van der Waals surface area (Å²) in [5.41, 5.74) is 2.22. The molecule has 0 spiro atoms. The topological polar surface area (TPSA) is 32.8 Å². The summed E-state index contributed by atoms with van der Waals surface area (Å²) in [5.74, 6) is 0.157. The van der Waals surface area contributed by atoms with Crippen LogP contribution in [-0.4, -0.2) is 43.7 Å². The number of fused-ring (bicyclic) bond motifs is 2. The van der Waals surface area contributed by atoms with Crippen molar-refractivity contribution in [1.82, 2.24) is 4.90 Å². The van der Waals surface area contributed by atoms with Crippen molar-refractivity contribution in [2.45, 2.75) is 9.79 Å². The van der Waals surface area contributed by atoms with Gasteiger partial charge in [-0.2, -0.15) is 0 Å². The number of amides is 1. The van der Waals surface area contributed by atoms with Gasteiger partial charge < -0.3 is 14.5 Å². The third-order valence-corrected chi connectivity index (χ3v) is 5.32. The number of hydrogen-bond donors (Lipinski definition) is 0. The van der Waals surface area contributed by atoms with Crippen LogP contribution in [0.25, 0.3) is 0 Å². The Hall–Kier alpha value is -1.98. The van der Waals surface area contributed by atoms with Crippen molar-refractivity contribution >= 4 is 29.0 Å². The lowest BCUT2D eigenvalue weighted by molar-refractivity contribution is -0.133. The van der Waals surface area contributed by atoms with E-state index in [9.17, 15) is 4.79 Å². The fraction of sp³-hybridized carbons (Fsp3) is 0.278. The largest absolute Gasteiger partial charge is 0.378 e. The summed E-state index contributed by atoms with van der Waals surface area (Å²) in [6.07, 6.45) is 0. The molecule has 1 saturated heterocycles. The zero-order valence-corrected chi connectivity index (χ0v) is 13.6. The maximum Gasteiger partial charge on any atom is 0.242 e. The molecule has 0 N–H and O–H groups in total. The van der Waals surface area contributed by atoms with E-state index in [2.05, 4.69) is 29.2 Å². The minimum absolute atomic E-state index is 0.157. The van der Waals surface area contributed by atoms with Crippen LogP contribution in [0.2, 0.25) is 0 Å². The predicted molar refractivity (Wildman–Crippen MR) is 91.4 cm³/mol. The van der Waals surface area contributed by atoms with Gasteiger partial charge in [0.1, 0.15) is 6.54 Å². The molecule has 2 aromatic carbocycles. The number of morpholine rings is 1. The Morgan fingerprint density at radius 1 is 0.957 bits per heavy atom. The van der Waals surface area contributed by atoms with Crippen molar-refractivity contribution in [3.05, 3.63) is 48.5 Å². The van der Waals surface area contributed by atoms with Crippen molar-refractivity contribution < 1.29 is 9.53 Å². The first-order valence-electron chi connectivity index (χ1n) is 7.82. The molecule has 2 aliphatic rings. The average Bonchev–Trinajstić information content (AvgIpc) is 2.62. The second-order valence-corrected chi connectivity index (χ2v) is 6.70. The number of para-hydroxylation sites is 2. The van der Waals surface area contributed by atoms with E-state index in [1.54, 1.807) is 11.8 Å². The Morgan fingerprint density at radius 2 is 1.52 bits per heavy atom. The van der Waals surface area contributed by atoms with Crippen molar-refractivity contribution in [3.8, 4) is 0 Å². The van der Waals surface area contributed by atoms with Crippen LogP contribution >= 0.6 is 11.8 Å². The number of hydrogen-bond acceptors (Lipinski definition) is 4. The van der Waals surface area contributed by atoms with Gasteiger partial charge in [0.15, 0.2) is 0 Å². The number of benzene rings is 2. The SMILES string of the molecule is O=C(CN1c2ccccc2Sc2ccccc21)N1CCOCC1. The van der Waals surface area contributed by atoms with Gasteiger partial charge in [-0.25, -0.2) is 0 Å². The molecule has 0 aliphatic carbocycles. The molecular weight excluding hydrogens is 308 g/mol. The van der Waals surface area contributed by atoms with Crippen LogP contribution in [0.15, 0.2) is 58.3 Å². The Kier molecular flexibility index (Phi) is 3.97. The Morgan fingerprint density at radius 3 is 2.13 bits per heavy atom. The van der Waals surface area contributed by atoms with Crippen molar-refractivity contribution in [2.24, 2.45) is 0 Å². The molecule has 4 rings (SSSR count). The average molecular weight is 326 g/mol. The molecule has 23 heavy (non-hydrogen) atoms. The Labute approximate surface area is 140 Å². The molecule has 0 saturated carbocycles. The first kappa shape index (κ1) is 14.6. The maximum absolute atomic E-state index is 12.7. The third kappa shape index (κ3) is 2.82. The maximum atomic E-state index is 12.7. The highest BCUT2D eigenvalue weighted by Crippen LogP contribution is 2.47. The summed E-state index contributed by atoms with van der Waals surface area (Å²) in [4.78, 5) is 19.1. The number of carbonyl (C=O) groups is 1. The van der Waals surface area contributed by atoms with Gasteiger partial charge in [-0.05, 0) is 24.3 Å². The second kappa shape index (κ2) is 6.26. The van der Waals surface area contributed by atoms with Crippen LogP contribution in [0.5, 0.6) is 0 Å². The molecule has 4 nitrogen and oxygen atoms in total. The molecule has 2 heterocycles. The van der Waals surface area contributed by atoms with Crippen LogP contribution < -0.4 is 4.90 Å². The fourth-order valence-electron chi connectivity index (χ4n) is 3.00. The molecule has 5 heteroatoms. The van der Waals surface area contributed by atoms with Gasteiger partial charge in [-0.1, -0.05) is 36.0 Å². The molecule has 1 fully saturated rings. The highest BCUT2D eigenvalue weighted by atomic mass is 32.2. The zero-order valence-electron chi connectivity index (χ0n) is 12.8. The number of carbonyl (C=O) groups excluding carboxylic acids is 1. The van der Waals surface area contributed by atoms with E-state index in [4.69, 9.17) is 4.74 Å². The monoisotopic (exact) mass is 326 g/mol. The molecule has 0 unspecified atom stereocenters. The van der Waals surface area contributed by atoms with E-state index in [1.165, 1.54) is 9.79 Å². The molecule has 2 aromatic rings. The quantitative estimate of drug-likeness (QED) is 0.849. The van der Waals surface area contributed by atoms with Gasteiger partial charge in [0.25, 0.3) is 0 Å². The summed E-state index contributed by atoms with van der Waals surface area (Å²) >= 11 is 1.76. The molecular formula is C18H18N2O2S. The smallest absolute Gasteiger partial charge is 0.242 e. The molecule has 0 aromatic heterocycles. The summed E-state index contributed by atoms with van der Waals surface area (Å²) in [6, 6.07) is 16.5. The molecule has 1 amide bonds. The molecule has 118 valence electrons. The lowest BCUT2D eigenvalue weighted by Gasteiger charge is -2.34. The number of nitrogens with zero attached hydrogens (tertiary/aromatic N) is 2. The molecule has 2 aliphatic heterocycles. The van der Waals surface area contributed by atoms with Crippen LogP contribution in [0.4, 0.5) is 11.4 Å². The van der Waals surface area contributed by atoms with E-state index in [0.717, 1.165) is 11.4 Å². The fourth-order valence-corrected chi connectivity index (χ4v) is 4.10. The molecule has 0 radical (unpaired) electrons. The van der Waals surface area contributed by atoms with Crippen LogP contribution in [0.1, 0.15) is 0 Å². The predicted octanol–water partition coefficient (Wildman–Crippen LogP) is 3.15. The normalized spacial score (nSPS) is 16.7. The lowest BCUT2D eigenvalue weighted by atomic mass is 10.2. The number of rotatable bonds is 2. The second-order valence-electron chi connectivity index (χ2n) is 5.62. The summed E-state index contributed by atoms with van der Waals surface area (Å²) < 4.78 is 5.34. The van der Waals surface area contributed by atoms with Gasteiger partial charge >= 0.3 is 0 Å². The van der Waals surface area contributed by atoms with Crippen LogP contribution in [-0.2, 0) is 9.53 Å². The molecule has 0 bridgehead atoms. The lowest BCUT2D eigenvalue weighted by Crippen LogP contribution is -2.45. The van der Waals surface area contributed by atoms with Gasteiger partial charge in [0.05, 0.1) is 24.6 Å². The number of ether oxygens (including phenoxy) is 1. The first-order valence-corrected chi connectivity index (χ1v) is 8.63. The third-order valence-electron chi connectivity index (χ3n) is 4.19. The minimum atomic E-state index is 0.157. The van der Waals surface area contributed by atoms with E-state index < -0.39 is 0 Å². The van der Waals surface area contributed by atoms with E-state index in [1.807, 2.05) is 29.2 Å².